The van der Waals surface area contributed by atoms with Gasteiger partial charge in [-0.1, -0.05) is 91.6 Å². The minimum atomic E-state index is -0.0690. The second kappa shape index (κ2) is 18.8. The van der Waals surface area contributed by atoms with Crippen molar-refractivity contribution in [3.63, 3.8) is 0 Å². The van der Waals surface area contributed by atoms with E-state index in [-0.39, 0.29) is 5.97 Å². The Morgan fingerprint density at radius 2 is 1.62 bits per heavy atom. The molecule has 1 aliphatic rings. The number of hydrogen-bond donors (Lipinski definition) is 0. The van der Waals surface area contributed by atoms with E-state index in [0.717, 1.165) is 50.0 Å². The number of carbonyl (C=O) groups is 1. The molecule has 0 fully saturated rings. The predicted molar refractivity (Wildman–Crippen MR) is 143 cm³/mol. The summed E-state index contributed by atoms with van der Waals surface area (Å²) >= 11 is 1.21. The molecular formula is C27H50N3O3S+. The summed E-state index contributed by atoms with van der Waals surface area (Å²) in [5.41, 5.74) is 2.02. The van der Waals surface area contributed by atoms with Crippen LogP contribution in [0.4, 0.5) is 0 Å². The zero-order chi connectivity index (χ0) is 25.1. The molecule has 6 nitrogen and oxygen atoms in total. The fourth-order valence-electron chi connectivity index (χ4n) is 4.08. The Bertz CT molecular complexity index is 692. The molecule has 2 rings (SSSR count). The maximum atomic E-state index is 12.2. The van der Waals surface area contributed by atoms with E-state index in [1.54, 1.807) is 0 Å². The number of rotatable bonds is 17. The molecule has 1 aromatic heterocycles. The Morgan fingerprint density at radius 3 is 2.32 bits per heavy atom. The monoisotopic (exact) mass is 496 g/mol. The molecule has 0 saturated heterocycles. The summed E-state index contributed by atoms with van der Waals surface area (Å²) in [6.07, 6.45) is 16.9. The van der Waals surface area contributed by atoms with Crippen LogP contribution in [-0.4, -0.2) is 52.7 Å². The molecule has 0 spiro atoms. The normalized spacial score (nSPS) is 17.5. The van der Waals surface area contributed by atoms with Crippen LogP contribution >= 0.6 is 11.7 Å². The molecule has 0 aromatic carbocycles. The summed E-state index contributed by atoms with van der Waals surface area (Å²) in [6.45, 7) is 11.3. The summed E-state index contributed by atoms with van der Waals surface area (Å²) in [5, 5.41) is 0. The van der Waals surface area contributed by atoms with Crippen LogP contribution in [0.3, 0.4) is 0 Å². The number of quaternary nitrogens is 1. The highest BCUT2D eigenvalue weighted by molar-refractivity contribution is 6.99. The molecule has 0 saturated carbocycles. The number of likely N-dealkylation sites (N-methyl/N-ethyl adjacent to an activating group) is 1. The molecule has 1 unspecified atom stereocenters. The van der Waals surface area contributed by atoms with Crippen molar-refractivity contribution in [2.45, 2.75) is 111 Å². The van der Waals surface area contributed by atoms with Gasteiger partial charge < -0.3 is 9.47 Å². The highest BCUT2D eigenvalue weighted by Crippen LogP contribution is 2.30. The lowest BCUT2D eigenvalue weighted by Crippen LogP contribution is -2.49. The zero-order valence-corrected chi connectivity index (χ0v) is 23.4. The van der Waals surface area contributed by atoms with Crippen molar-refractivity contribution in [3.8, 4) is 5.88 Å². The lowest BCUT2D eigenvalue weighted by molar-refractivity contribution is -0.919. The number of nitrogens with zero attached hydrogens (tertiary/aromatic N) is 3. The average molecular weight is 497 g/mol. The molecular weight excluding hydrogens is 446 g/mol. The van der Waals surface area contributed by atoms with Gasteiger partial charge in [-0.15, -0.1) is 4.37 Å². The van der Waals surface area contributed by atoms with Gasteiger partial charge in [-0.25, -0.2) is 0 Å². The molecule has 0 N–H and O–H groups in total. The van der Waals surface area contributed by atoms with Crippen LogP contribution in [0.1, 0.15) is 117 Å². The number of aromatic nitrogens is 2. The minimum absolute atomic E-state index is 0.0690. The van der Waals surface area contributed by atoms with Crippen molar-refractivity contribution in [1.29, 1.82) is 0 Å². The van der Waals surface area contributed by atoms with E-state index in [2.05, 4.69) is 35.7 Å². The summed E-state index contributed by atoms with van der Waals surface area (Å²) in [5.74, 6) is 0.586. The second-order valence-electron chi connectivity index (χ2n) is 9.36. The largest absolute Gasteiger partial charge is 0.475 e. The van der Waals surface area contributed by atoms with E-state index in [0.29, 0.717) is 30.1 Å². The number of ether oxygens (including phenoxy) is 2. The lowest BCUT2D eigenvalue weighted by Gasteiger charge is -2.36. The molecule has 1 aliphatic heterocycles. The Morgan fingerprint density at radius 1 is 0.971 bits per heavy atom. The minimum Gasteiger partial charge on any atom is -0.475 e. The number of carbonyl (C=O) groups excluding carboxylic acids is 1. The summed E-state index contributed by atoms with van der Waals surface area (Å²) in [6, 6.07) is 0. The Balaban J connectivity index is 0.00000281. The van der Waals surface area contributed by atoms with Crippen molar-refractivity contribution in [1.82, 2.24) is 8.75 Å². The number of hydrogen-bond acceptors (Lipinski definition) is 6. The lowest BCUT2D eigenvalue weighted by atomic mass is 10.1. The van der Waals surface area contributed by atoms with Crippen molar-refractivity contribution in [2.24, 2.45) is 0 Å². The van der Waals surface area contributed by atoms with E-state index >= 15 is 0 Å². The first-order valence-electron chi connectivity index (χ1n) is 13.7. The van der Waals surface area contributed by atoms with Gasteiger partial charge in [-0.05, 0) is 12.8 Å². The second-order valence-corrected chi connectivity index (χ2v) is 9.89. The smallest absolute Gasteiger partial charge is 0.310 e. The van der Waals surface area contributed by atoms with Crippen LogP contribution in [0, 0.1) is 0 Å². The third-order valence-electron chi connectivity index (χ3n) is 6.13. The van der Waals surface area contributed by atoms with E-state index in [1.807, 2.05) is 13.8 Å². The third kappa shape index (κ3) is 12.3. The molecule has 0 bridgehead atoms. The average Bonchev–Trinajstić information content (AvgIpc) is 3.32. The molecule has 34 heavy (non-hydrogen) atoms. The van der Waals surface area contributed by atoms with Crippen LogP contribution < -0.4 is 4.74 Å². The maximum Gasteiger partial charge on any atom is 0.310 e. The van der Waals surface area contributed by atoms with Crippen molar-refractivity contribution in [2.75, 3.05) is 33.5 Å². The Hall–Kier alpha value is -1.47. The number of unbranched alkanes of at least 4 members (excludes halogenated alkanes) is 9. The SMILES string of the molecule is CC.CCCCCCCCCC(=O)OC[N+]1(C)CCC=C(c2nsnc2OCCCCCC)C1. The van der Waals surface area contributed by atoms with Gasteiger partial charge in [0.05, 0.1) is 31.9 Å². The van der Waals surface area contributed by atoms with Crippen molar-refractivity contribution < 1.29 is 18.8 Å². The van der Waals surface area contributed by atoms with Crippen molar-refractivity contribution in [3.05, 3.63) is 11.8 Å². The standard InChI is InChI=1S/C25H44N3O3S.C2H6/c1-4-6-8-10-11-12-13-17-23(29)31-21-28(3)18-15-16-22(20-28)24-25(27-32-26-24)30-19-14-9-7-5-2;1-2/h16H,4-15,17-21H2,1-3H3;1-2H3/q+1;. The van der Waals surface area contributed by atoms with Crippen LogP contribution in [0.5, 0.6) is 5.88 Å². The van der Waals surface area contributed by atoms with Crippen molar-refractivity contribution >= 4 is 23.3 Å². The summed E-state index contributed by atoms with van der Waals surface area (Å²) in [7, 11) is 2.15. The molecule has 1 aromatic rings. The molecule has 0 amide bonds. The zero-order valence-electron chi connectivity index (χ0n) is 22.6. The van der Waals surface area contributed by atoms with Gasteiger partial charge in [0.2, 0.25) is 6.73 Å². The fourth-order valence-corrected chi connectivity index (χ4v) is 4.61. The van der Waals surface area contributed by atoms with Crippen LogP contribution in [0.2, 0.25) is 0 Å². The number of esters is 1. The van der Waals surface area contributed by atoms with E-state index in [4.69, 9.17) is 9.47 Å². The summed E-state index contributed by atoms with van der Waals surface area (Å²) < 4.78 is 21.2. The van der Waals surface area contributed by atoms with Gasteiger partial charge in [0.1, 0.15) is 12.2 Å². The quantitative estimate of drug-likeness (QED) is 0.128. The van der Waals surface area contributed by atoms with Gasteiger partial charge in [0.25, 0.3) is 5.88 Å². The van der Waals surface area contributed by atoms with Gasteiger partial charge >= 0.3 is 5.97 Å². The van der Waals surface area contributed by atoms with E-state index in [9.17, 15) is 4.79 Å². The van der Waals surface area contributed by atoms with Gasteiger partial charge in [0.15, 0.2) is 0 Å². The van der Waals surface area contributed by atoms with Gasteiger partial charge in [0, 0.05) is 18.4 Å². The molecule has 7 heteroatoms. The molecule has 0 aliphatic carbocycles. The predicted octanol–water partition coefficient (Wildman–Crippen LogP) is 7.40. The van der Waals surface area contributed by atoms with Crippen LogP contribution in [-0.2, 0) is 9.53 Å². The Kier molecular flexibility index (Phi) is 16.9. The highest BCUT2D eigenvalue weighted by atomic mass is 32.1. The fraction of sp³-hybridized carbons (Fsp3) is 0.815. The van der Waals surface area contributed by atoms with Gasteiger partial charge in [-0.3, -0.25) is 9.28 Å². The highest BCUT2D eigenvalue weighted by Gasteiger charge is 2.31. The van der Waals surface area contributed by atoms with Crippen LogP contribution in [0.25, 0.3) is 5.57 Å². The van der Waals surface area contributed by atoms with Gasteiger partial charge in [-0.2, -0.15) is 4.37 Å². The Labute approximate surface area is 213 Å². The van der Waals surface area contributed by atoms with E-state index < -0.39 is 0 Å². The van der Waals surface area contributed by atoms with Crippen LogP contribution in [0.15, 0.2) is 6.08 Å². The molecule has 0 radical (unpaired) electrons. The first-order chi connectivity index (χ1) is 16.6. The maximum absolute atomic E-state index is 12.2. The molecule has 2 heterocycles. The molecule has 196 valence electrons. The summed E-state index contributed by atoms with van der Waals surface area (Å²) in [4.78, 5) is 12.2. The first-order valence-corrected chi connectivity index (χ1v) is 14.4. The molecule has 1 atom stereocenters. The van der Waals surface area contributed by atoms with E-state index in [1.165, 1.54) is 63.1 Å². The third-order valence-corrected chi connectivity index (χ3v) is 6.64. The first kappa shape index (κ1) is 30.6. The topological polar surface area (TPSA) is 61.3 Å².